The smallest absolute Gasteiger partial charge is 0.315 e. The van der Waals surface area contributed by atoms with Crippen LogP contribution in [-0.4, -0.2) is 104 Å². The number of rotatable bonds is 13. The lowest BCUT2D eigenvalue weighted by Crippen LogP contribution is -2.66. The van der Waals surface area contributed by atoms with Crippen molar-refractivity contribution in [1.29, 1.82) is 0 Å². The van der Waals surface area contributed by atoms with Gasteiger partial charge in [0.05, 0.1) is 53.2 Å². The fourth-order valence-corrected chi connectivity index (χ4v) is 12.2. The Balaban J connectivity index is 1.24. The van der Waals surface area contributed by atoms with Gasteiger partial charge in [0.1, 0.15) is 11.8 Å². The summed E-state index contributed by atoms with van der Waals surface area (Å²) in [7, 11) is 0. The highest BCUT2D eigenvalue weighted by molar-refractivity contribution is 5.84. The summed E-state index contributed by atoms with van der Waals surface area (Å²) in [5.41, 5.74) is -3.10. The molecule has 5 aliphatic heterocycles. The molecule has 60 heavy (non-hydrogen) atoms. The second-order valence-corrected chi connectivity index (χ2v) is 20.7. The van der Waals surface area contributed by atoms with Gasteiger partial charge in [-0.15, -0.1) is 0 Å². The van der Waals surface area contributed by atoms with Gasteiger partial charge in [-0.25, -0.2) is 4.79 Å². The first-order valence-electron chi connectivity index (χ1n) is 23.3. The minimum atomic E-state index is -1.32. The van der Waals surface area contributed by atoms with Crippen LogP contribution < -0.4 is 10.6 Å². The van der Waals surface area contributed by atoms with Crippen molar-refractivity contribution in [2.75, 3.05) is 0 Å². The molecule has 5 N–H and O–H groups in total. The minimum absolute atomic E-state index is 0.0130. The lowest BCUT2D eigenvalue weighted by Gasteiger charge is -2.55. The third-order valence-electron chi connectivity index (χ3n) is 16.5. The number of carbonyl (C=O) groups excluding carboxylic acids is 2. The second-order valence-electron chi connectivity index (χ2n) is 20.7. The van der Waals surface area contributed by atoms with E-state index < -0.39 is 81.9 Å². The average Bonchev–Trinajstić information content (AvgIpc) is 3.64. The standard InChI is InChI=1S/C47H78N2O11/c1-13-32(40(52)53)34-17-16-28(7)45(57-34)25-42(45,11)39(51)30(9)37(50)33(14-2)38-27(6)24-29(8)46(58-38)21-18-35(49-41(54)48-26(4)5)47(60-46)23-22-43(12,59-47)36-19-20-44(55,15-3)31(10)56-36/h18,21,26-36,38-39,51,55H,13-17,19-20,22-25H2,1-12H3,(H,52,53)(H2,48,49,54)/t27-,28-,29+,30+,31-,32+,33?,34+,35?,36+,38-,39+,42?,43-,44+,45+,46-,47-/m0/s1. The molecular formula is C47H78N2O11. The molecule has 5 heterocycles. The van der Waals surface area contributed by atoms with Crippen LogP contribution in [0.25, 0.3) is 0 Å². The largest absolute Gasteiger partial charge is 0.481 e. The number of aliphatic carboxylic acids is 1. The first kappa shape index (κ1) is 47.4. The number of aliphatic hydroxyl groups is 2. The van der Waals surface area contributed by atoms with Crippen LogP contribution in [0.15, 0.2) is 12.2 Å². The van der Waals surface area contributed by atoms with Gasteiger partial charge < -0.3 is 49.6 Å². The second kappa shape index (κ2) is 17.1. The first-order valence-corrected chi connectivity index (χ1v) is 23.3. The quantitative estimate of drug-likeness (QED) is 0.120. The van der Waals surface area contributed by atoms with Crippen molar-refractivity contribution >= 4 is 17.8 Å². The molecule has 4 saturated heterocycles. The van der Waals surface area contributed by atoms with E-state index in [0.717, 1.165) is 6.42 Å². The maximum absolute atomic E-state index is 14.8. The van der Waals surface area contributed by atoms with E-state index in [2.05, 4.69) is 31.4 Å². The van der Waals surface area contributed by atoms with E-state index in [1.807, 2.05) is 74.5 Å². The van der Waals surface area contributed by atoms with Gasteiger partial charge in [0.15, 0.2) is 11.6 Å². The molecule has 0 radical (unpaired) electrons. The summed E-state index contributed by atoms with van der Waals surface area (Å²) in [5.74, 6) is -5.48. The van der Waals surface area contributed by atoms with Crippen LogP contribution in [0.2, 0.25) is 0 Å². The molecule has 18 atom stereocenters. The summed E-state index contributed by atoms with van der Waals surface area (Å²) in [6.07, 6.45) is 7.63. The third-order valence-corrected chi connectivity index (χ3v) is 16.5. The molecule has 6 rings (SSSR count). The fraction of sp³-hybridized carbons (Fsp3) is 0.894. The molecule has 13 heteroatoms. The Morgan fingerprint density at radius 3 is 2.17 bits per heavy atom. The number of nitrogens with one attached hydrogen (secondary N) is 2. The highest BCUT2D eigenvalue weighted by Crippen LogP contribution is 2.68. The van der Waals surface area contributed by atoms with Crippen LogP contribution in [0.4, 0.5) is 4.79 Å². The number of urea groups is 1. The Bertz CT molecular complexity index is 1630. The first-order chi connectivity index (χ1) is 28.0. The van der Waals surface area contributed by atoms with Crippen molar-refractivity contribution in [3.63, 3.8) is 0 Å². The van der Waals surface area contributed by atoms with Crippen molar-refractivity contribution in [3.8, 4) is 0 Å². The number of Topliss-reactive ketones (excluding diaryl/α,β-unsaturated/α-hetero) is 1. The zero-order chi connectivity index (χ0) is 44.4. The zero-order valence-electron chi connectivity index (χ0n) is 38.5. The van der Waals surface area contributed by atoms with E-state index >= 15 is 0 Å². The molecule has 13 nitrogen and oxygen atoms in total. The molecule has 0 aromatic carbocycles. The molecule has 0 bridgehead atoms. The van der Waals surface area contributed by atoms with Crippen molar-refractivity contribution in [2.45, 2.75) is 225 Å². The lowest BCUT2D eigenvalue weighted by atomic mass is 9.72. The van der Waals surface area contributed by atoms with E-state index in [4.69, 9.17) is 23.7 Å². The molecule has 2 amide bonds. The molecule has 0 aromatic heterocycles. The van der Waals surface area contributed by atoms with Crippen LogP contribution in [0, 0.1) is 40.9 Å². The van der Waals surface area contributed by atoms with E-state index in [0.29, 0.717) is 64.2 Å². The molecule has 1 saturated carbocycles. The zero-order valence-corrected chi connectivity index (χ0v) is 38.5. The molecule has 0 aromatic rings. The number of amides is 2. The van der Waals surface area contributed by atoms with E-state index in [1.54, 1.807) is 0 Å². The summed E-state index contributed by atoms with van der Waals surface area (Å²) in [4.78, 5) is 40.2. The molecular weight excluding hydrogens is 769 g/mol. The Hall–Kier alpha value is -2.13. The molecule has 1 aliphatic carbocycles. The third kappa shape index (κ3) is 8.13. The van der Waals surface area contributed by atoms with Gasteiger partial charge in [-0.3, -0.25) is 9.59 Å². The van der Waals surface area contributed by atoms with E-state index in [9.17, 15) is 29.7 Å². The highest BCUT2D eigenvalue weighted by Gasteiger charge is 2.74. The van der Waals surface area contributed by atoms with Crippen LogP contribution in [0.3, 0.4) is 0 Å². The Morgan fingerprint density at radius 1 is 0.883 bits per heavy atom. The van der Waals surface area contributed by atoms with Gasteiger partial charge in [-0.1, -0.05) is 61.5 Å². The normalized spacial score (nSPS) is 46.0. The Labute approximate surface area is 358 Å². The minimum Gasteiger partial charge on any atom is -0.481 e. The summed E-state index contributed by atoms with van der Waals surface area (Å²) < 4.78 is 34.7. The number of carboxylic acids is 1. The van der Waals surface area contributed by atoms with Gasteiger partial charge in [0.25, 0.3) is 0 Å². The highest BCUT2D eigenvalue weighted by atomic mass is 16.8. The number of ketones is 1. The van der Waals surface area contributed by atoms with Crippen LogP contribution in [-0.2, 0) is 33.3 Å². The monoisotopic (exact) mass is 847 g/mol. The number of hydrogen-bond acceptors (Lipinski definition) is 10. The summed E-state index contributed by atoms with van der Waals surface area (Å²) in [6.45, 7) is 23.7. The summed E-state index contributed by atoms with van der Waals surface area (Å²) in [6, 6.07) is -1.10. The predicted molar refractivity (Wildman–Crippen MR) is 226 cm³/mol. The Morgan fingerprint density at radius 2 is 1.57 bits per heavy atom. The molecule has 342 valence electrons. The van der Waals surface area contributed by atoms with Crippen molar-refractivity contribution < 1.29 is 53.4 Å². The van der Waals surface area contributed by atoms with Crippen LogP contribution >= 0.6 is 0 Å². The molecule has 3 spiro atoms. The summed E-state index contributed by atoms with van der Waals surface area (Å²) in [5, 5.41) is 39.3. The van der Waals surface area contributed by atoms with Gasteiger partial charge in [0.2, 0.25) is 0 Å². The number of carbonyl (C=O) groups is 3. The molecule has 6 aliphatic rings. The number of carboxylic acid groups (broad SMARTS) is 1. The molecule has 5 fully saturated rings. The molecule has 3 unspecified atom stereocenters. The lowest BCUT2D eigenvalue weighted by molar-refractivity contribution is -0.397. The van der Waals surface area contributed by atoms with Crippen LogP contribution in [0.1, 0.15) is 154 Å². The maximum Gasteiger partial charge on any atom is 0.315 e. The van der Waals surface area contributed by atoms with Crippen molar-refractivity contribution in [1.82, 2.24) is 10.6 Å². The number of hydrogen-bond donors (Lipinski definition) is 5. The number of aliphatic hydroxyl groups excluding tert-OH is 1. The van der Waals surface area contributed by atoms with Crippen LogP contribution in [0.5, 0.6) is 0 Å². The van der Waals surface area contributed by atoms with Crippen molar-refractivity contribution in [3.05, 3.63) is 12.2 Å². The van der Waals surface area contributed by atoms with Gasteiger partial charge in [0, 0.05) is 35.6 Å². The average molecular weight is 847 g/mol. The summed E-state index contributed by atoms with van der Waals surface area (Å²) >= 11 is 0. The maximum atomic E-state index is 14.8. The van der Waals surface area contributed by atoms with Gasteiger partial charge in [-0.2, -0.15) is 0 Å². The van der Waals surface area contributed by atoms with E-state index in [1.165, 1.54) is 0 Å². The SMILES string of the molecule is CCC(C(=O)[C@@H](C)[C@@H](O)C1(C)C[C@]12O[C@@H]([C@@H](CC)C(=O)O)CC[C@@H]2C)[C@H]1O[C@]2(C=CC(NC(=O)NC(C)C)[C@]3(CC[C@@](C)([C@H]4CC[C@](O)(CC)[C@H](C)O4)O3)O2)[C@H](C)C[C@@H]1C. The predicted octanol–water partition coefficient (Wildman–Crippen LogP) is 7.05. The fourth-order valence-electron chi connectivity index (χ4n) is 12.2. The Kier molecular flexibility index (Phi) is 13.5. The number of ether oxygens (including phenoxy) is 5. The van der Waals surface area contributed by atoms with E-state index in [-0.39, 0.29) is 47.8 Å². The van der Waals surface area contributed by atoms with Crippen molar-refractivity contribution in [2.24, 2.45) is 40.9 Å². The topological polar surface area (TPSA) is 182 Å². The van der Waals surface area contributed by atoms with Gasteiger partial charge >= 0.3 is 12.0 Å². The van der Waals surface area contributed by atoms with Gasteiger partial charge in [-0.05, 0) is 110 Å².